The number of hydrogen-bond acceptors (Lipinski definition) is 3. The van der Waals surface area contributed by atoms with E-state index in [4.69, 9.17) is 10.5 Å². The van der Waals surface area contributed by atoms with Gasteiger partial charge >= 0.3 is 0 Å². The Morgan fingerprint density at radius 2 is 1.95 bits per heavy atom. The van der Waals surface area contributed by atoms with Gasteiger partial charge in [0, 0.05) is 0 Å². The molecule has 3 N–H and O–H groups in total. The van der Waals surface area contributed by atoms with E-state index in [1.54, 1.807) is 7.11 Å². The number of methoxy groups -OCH3 is 1. The zero-order valence-corrected chi connectivity index (χ0v) is 12.7. The molecule has 4 nitrogen and oxygen atoms in total. The fraction of sp³-hybridized carbons (Fsp3) is 0.500. The summed E-state index contributed by atoms with van der Waals surface area (Å²) in [6.45, 7) is 5.79. The molecule has 0 heterocycles. The van der Waals surface area contributed by atoms with Crippen molar-refractivity contribution in [2.75, 3.05) is 7.11 Å². The molecular weight excluding hydrogens is 264 g/mol. The van der Waals surface area contributed by atoms with Crippen molar-refractivity contribution in [3.05, 3.63) is 29.8 Å². The first-order valence-corrected chi connectivity index (χ1v) is 6.15. The minimum atomic E-state index is -0.474. The molecule has 2 atom stereocenters. The summed E-state index contributed by atoms with van der Waals surface area (Å²) >= 11 is 0. The first-order chi connectivity index (χ1) is 8.45. The molecule has 1 rings (SSSR count). The number of rotatable bonds is 5. The van der Waals surface area contributed by atoms with Crippen molar-refractivity contribution >= 4 is 18.3 Å². The number of amides is 1. The molecule has 0 aliphatic heterocycles. The van der Waals surface area contributed by atoms with Gasteiger partial charge in [-0.25, -0.2) is 0 Å². The number of carbonyl (C=O) groups excluding carboxylic acids is 1. The van der Waals surface area contributed by atoms with E-state index in [-0.39, 0.29) is 30.3 Å². The van der Waals surface area contributed by atoms with Crippen LogP contribution in [0, 0.1) is 5.92 Å². The lowest BCUT2D eigenvalue weighted by Gasteiger charge is -2.20. The number of ether oxygens (including phenoxy) is 1. The molecule has 0 aromatic heterocycles. The Kier molecular flexibility index (Phi) is 7.49. The Morgan fingerprint density at radius 3 is 2.47 bits per heavy atom. The van der Waals surface area contributed by atoms with E-state index in [2.05, 4.69) is 5.32 Å². The van der Waals surface area contributed by atoms with Crippen LogP contribution in [0.15, 0.2) is 24.3 Å². The maximum atomic E-state index is 11.9. The highest BCUT2D eigenvalue weighted by atomic mass is 35.5. The lowest BCUT2D eigenvalue weighted by molar-refractivity contribution is -0.123. The van der Waals surface area contributed by atoms with Crippen LogP contribution in [0.5, 0.6) is 5.75 Å². The summed E-state index contributed by atoms with van der Waals surface area (Å²) in [7, 11) is 1.62. The van der Waals surface area contributed by atoms with Gasteiger partial charge in [-0.2, -0.15) is 0 Å². The molecule has 0 saturated heterocycles. The lowest BCUT2D eigenvalue weighted by atomic mass is 10.0. The van der Waals surface area contributed by atoms with Crippen LogP contribution in [0.3, 0.4) is 0 Å². The van der Waals surface area contributed by atoms with Crippen LogP contribution in [0.4, 0.5) is 0 Å². The third kappa shape index (κ3) is 5.09. The van der Waals surface area contributed by atoms with Gasteiger partial charge in [-0.15, -0.1) is 12.4 Å². The third-order valence-corrected chi connectivity index (χ3v) is 2.97. The average Bonchev–Trinajstić information content (AvgIpc) is 2.37. The topological polar surface area (TPSA) is 64.3 Å². The SMILES string of the molecule is COc1cccc(C(C)NC(=O)[C@H](N)C(C)C)c1.Cl. The average molecular weight is 287 g/mol. The minimum Gasteiger partial charge on any atom is -0.497 e. The molecule has 0 saturated carbocycles. The van der Waals surface area contributed by atoms with Crippen molar-refractivity contribution < 1.29 is 9.53 Å². The summed E-state index contributed by atoms with van der Waals surface area (Å²) in [6, 6.07) is 7.08. The summed E-state index contributed by atoms with van der Waals surface area (Å²) in [5.41, 5.74) is 6.80. The number of carbonyl (C=O) groups is 1. The van der Waals surface area contributed by atoms with E-state index in [1.807, 2.05) is 45.0 Å². The van der Waals surface area contributed by atoms with E-state index in [9.17, 15) is 4.79 Å². The quantitative estimate of drug-likeness (QED) is 0.873. The maximum absolute atomic E-state index is 11.9. The summed E-state index contributed by atoms with van der Waals surface area (Å²) in [4.78, 5) is 11.9. The van der Waals surface area contributed by atoms with Gasteiger partial charge in [0.25, 0.3) is 0 Å². The molecule has 5 heteroatoms. The molecule has 1 aromatic carbocycles. The monoisotopic (exact) mass is 286 g/mol. The Labute approximate surface area is 121 Å². The summed E-state index contributed by atoms with van der Waals surface area (Å²) in [6.07, 6.45) is 0. The molecular formula is C14H23ClN2O2. The number of halogens is 1. The molecule has 0 bridgehead atoms. The van der Waals surface area contributed by atoms with Gasteiger partial charge < -0.3 is 15.8 Å². The first kappa shape index (κ1) is 17.7. The fourth-order valence-corrected chi connectivity index (χ4v) is 1.61. The number of hydrogen-bond donors (Lipinski definition) is 2. The molecule has 1 amide bonds. The van der Waals surface area contributed by atoms with Crippen LogP contribution >= 0.6 is 12.4 Å². The van der Waals surface area contributed by atoms with E-state index >= 15 is 0 Å². The van der Waals surface area contributed by atoms with Crippen LogP contribution in [-0.4, -0.2) is 19.1 Å². The van der Waals surface area contributed by atoms with Crippen molar-refractivity contribution in [2.45, 2.75) is 32.9 Å². The largest absolute Gasteiger partial charge is 0.497 e. The van der Waals surface area contributed by atoms with Gasteiger partial charge in [-0.05, 0) is 30.5 Å². The smallest absolute Gasteiger partial charge is 0.237 e. The Morgan fingerprint density at radius 1 is 1.32 bits per heavy atom. The standard InChI is InChI=1S/C14H22N2O2.ClH/c1-9(2)13(15)14(17)16-10(3)11-6-5-7-12(8-11)18-4;/h5-10,13H,15H2,1-4H3,(H,16,17);1H/t10?,13-;/m1./s1. The fourth-order valence-electron chi connectivity index (χ4n) is 1.61. The Bertz CT molecular complexity index is 410. The highest BCUT2D eigenvalue weighted by Crippen LogP contribution is 2.18. The Balaban J connectivity index is 0.00000324. The predicted molar refractivity (Wildman–Crippen MR) is 79.6 cm³/mol. The van der Waals surface area contributed by atoms with Gasteiger partial charge in [-0.3, -0.25) is 4.79 Å². The van der Waals surface area contributed by atoms with Crippen LogP contribution in [-0.2, 0) is 4.79 Å². The van der Waals surface area contributed by atoms with Crippen LogP contribution < -0.4 is 15.8 Å². The second-order valence-electron chi connectivity index (χ2n) is 4.78. The molecule has 0 aliphatic carbocycles. The third-order valence-electron chi connectivity index (χ3n) is 2.97. The van der Waals surface area contributed by atoms with Gasteiger partial charge in [0.2, 0.25) is 5.91 Å². The minimum absolute atomic E-state index is 0. The van der Waals surface area contributed by atoms with Gasteiger partial charge in [0.15, 0.2) is 0 Å². The van der Waals surface area contributed by atoms with Crippen molar-refractivity contribution in [3.8, 4) is 5.75 Å². The summed E-state index contributed by atoms with van der Waals surface area (Å²) in [5.74, 6) is 0.782. The van der Waals surface area contributed by atoms with Gasteiger partial charge in [0.05, 0.1) is 19.2 Å². The van der Waals surface area contributed by atoms with Crippen LogP contribution in [0.2, 0.25) is 0 Å². The summed E-state index contributed by atoms with van der Waals surface area (Å²) < 4.78 is 5.16. The van der Waals surface area contributed by atoms with E-state index in [0.717, 1.165) is 11.3 Å². The zero-order chi connectivity index (χ0) is 13.7. The van der Waals surface area contributed by atoms with Crippen LogP contribution in [0.25, 0.3) is 0 Å². The van der Waals surface area contributed by atoms with Gasteiger partial charge in [0.1, 0.15) is 5.75 Å². The predicted octanol–water partition coefficient (Wildman–Crippen LogP) is 2.28. The van der Waals surface area contributed by atoms with E-state index in [1.165, 1.54) is 0 Å². The molecule has 0 fully saturated rings. The second kappa shape index (κ2) is 8.02. The highest BCUT2D eigenvalue weighted by Gasteiger charge is 2.19. The molecule has 19 heavy (non-hydrogen) atoms. The second-order valence-corrected chi connectivity index (χ2v) is 4.78. The van der Waals surface area contributed by atoms with Crippen molar-refractivity contribution in [3.63, 3.8) is 0 Å². The lowest BCUT2D eigenvalue weighted by Crippen LogP contribution is -2.44. The van der Waals surface area contributed by atoms with E-state index in [0.29, 0.717) is 0 Å². The summed E-state index contributed by atoms with van der Waals surface area (Å²) in [5, 5.41) is 2.91. The molecule has 1 unspecified atom stereocenters. The normalized spacial score (nSPS) is 13.4. The molecule has 0 aliphatic rings. The maximum Gasteiger partial charge on any atom is 0.237 e. The van der Waals surface area contributed by atoms with Crippen molar-refractivity contribution in [1.29, 1.82) is 0 Å². The molecule has 108 valence electrons. The Hall–Kier alpha value is -1.26. The molecule has 0 spiro atoms. The van der Waals surface area contributed by atoms with Gasteiger partial charge in [-0.1, -0.05) is 26.0 Å². The molecule has 0 radical (unpaired) electrons. The highest BCUT2D eigenvalue weighted by molar-refractivity contribution is 5.85. The number of benzene rings is 1. The van der Waals surface area contributed by atoms with E-state index < -0.39 is 6.04 Å². The number of nitrogens with two attached hydrogens (primary N) is 1. The zero-order valence-electron chi connectivity index (χ0n) is 11.8. The van der Waals surface area contributed by atoms with Crippen molar-refractivity contribution in [1.82, 2.24) is 5.32 Å². The molecule has 1 aromatic rings. The van der Waals surface area contributed by atoms with Crippen LogP contribution in [0.1, 0.15) is 32.4 Å². The number of nitrogens with one attached hydrogen (secondary N) is 1. The van der Waals surface area contributed by atoms with Crippen molar-refractivity contribution in [2.24, 2.45) is 11.7 Å². The first-order valence-electron chi connectivity index (χ1n) is 6.15.